The summed E-state index contributed by atoms with van der Waals surface area (Å²) >= 11 is 0. The highest BCUT2D eigenvalue weighted by molar-refractivity contribution is 5.94. The van der Waals surface area contributed by atoms with Gasteiger partial charge in [0.1, 0.15) is 12.2 Å². The minimum absolute atomic E-state index is 0.000484. The highest BCUT2D eigenvalue weighted by Crippen LogP contribution is 2.31. The van der Waals surface area contributed by atoms with Crippen LogP contribution in [0.2, 0.25) is 0 Å². The minimum atomic E-state index is -0.405. The van der Waals surface area contributed by atoms with E-state index < -0.39 is 5.60 Å². The van der Waals surface area contributed by atoms with E-state index in [-0.39, 0.29) is 18.4 Å². The van der Waals surface area contributed by atoms with Crippen LogP contribution in [0, 0.1) is 0 Å². The van der Waals surface area contributed by atoms with Gasteiger partial charge < -0.3 is 14.5 Å². The summed E-state index contributed by atoms with van der Waals surface area (Å²) in [4.78, 5) is 27.8. The molecule has 1 atom stereocenters. The van der Waals surface area contributed by atoms with Crippen molar-refractivity contribution in [1.82, 2.24) is 20.0 Å². The smallest absolute Gasteiger partial charge is 0.274 e. The average Bonchev–Trinajstić information content (AvgIpc) is 3.18. The van der Waals surface area contributed by atoms with Crippen molar-refractivity contribution in [1.29, 1.82) is 0 Å². The Labute approximate surface area is 128 Å². The van der Waals surface area contributed by atoms with Gasteiger partial charge in [0.05, 0.1) is 13.1 Å². The second kappa shape index (κ2) is 4.81. The number of nitrogens with zero attached hydrogens (tertiary/aromatic N) is 3. The normalized spacial score (nSPS) is 27.8. The summed E-state index contributed by atoms with van der Waals surface area (Å²) in [6.45, 7) is 1.85. The van der Waals surface area contributed by atoms with Crippen LogP contribution in [0.3, 0.4) is 0 Å². The van der Waals surface area contributed by atoms with E-state index in [1.807, 2.05) is 4.90 Å². The highest BCUT2D eigenvalue weighted by atomic mass is 16.5. The summed E-state index contributed by atoms with van der Waals surface area (Å²) < 4.78 is 5.79. The monoisotopic (exact) mass is 304 g/mol. The third-order valence-electron chi connectivity index (χ3n) is 5.07. The molecular weight excluding hydrogens is 284 g/mol. The number of aromatic amines is 1. The molecule has 118 valence electrons. The number of likely N-dealkylation sites (tertiary alicyclic amines) is 1. The van der Waals surface area contributed by atoms with Crippen LogP contribution in [0.25, 0.3) is 0 Å². The second-order valence-corrected chi connectivity index (χ2v) is 6.58. The molecule has 1 N–H and O–H groups in total. The standard InChI is InChI=1S/C15H20N4O3/c1-18-8-15(22-7-12(18)20)5-6-19(9-15)14(21)13-10-3-2-4-11(10)16-17-13/h2-9H2,1H3,(H,16,17)/t15-/m1/s1. The number of carbonyl (C=O) groups is 2. The number of aryl methyl sites for hydroxylation is 1. The van der Waals surface area contributed by atoms with Crippen LogP contribution in [0.15, 0.2) is 0 Å². The van der Waals surface area contributed by atoms with Gasteiger partial charge in [-0.15, -0.1) is 0 Å². The van der Waals surface area contributed by atoms with Crippen LogP contribution in [-0.2, 0) is 22.4 Å². The van der Waals surface area contributed by atoms with Crippen LogP contribution in [0.1, 0.15) is 34.6 Å². The number of hydrogen-bond donors (Lipinski definition) is 1. The molecule has 0 radical (unpaired) electrons. The molecule has 7 nitrogen and oxygen atoms in total. The number of aromatic nitrogens is 2. The van der Waals surface area contributed by atoms with Crippen molar-refractivity contribution >= 4 is 11.8 Å². The lowest BCUT2D eigenvalue weighted by Crippen LogP contribution is -2.54. The van der Waals surface area contributed by atoms with Gasteiger partial charge in [-0.1, -0.05) is 0 Å². The Balaban J connectivity index is 1.51. The van der Waals surface area contributed by atoms with E-state index in [1.165, 1.54) is 0 Å². The summed E-state index contributed by atoms with van der Waals surface area (Å²) in [5.41, 5.74) is 2.36. The van der Waals surface area contributed by atoms with Gasteiger partial charge in [0, 0.05) is 24.8 Å². The first kappa shape index (κ1) is 13.8. The van der Waals surface area contributed by atoms with Crippen molar-refractivity contribution in [2.45, 2.75) is 31.3 Å². The first-order valence-corrected chi connectivity index (χ1v) is 7.81. The number of rotatable bonds is 1. The Morgan fingerprint density at radius 1 is 1.36 bits per heavy atom. The number of nitrogens with one attached hydrogen (secondary N) is 1. The Kier molecular flexibility index (Phi) is 3.00. The van der Waals surface area contributed by atoms with Gasteiger partial charge in [-0.2, -0.15) is 5.10 Å². The summed E-state index contributed by atoms with van der Waals surface area (Å²) in [6.07, 6.45) is 3.77. The predicted molar refractivity (Wildman–Crippen MR) is 77.5 cm³/mol. The van der Waals surface area contributed by atoms with Crippen molar-refractivity contribution in [3.8, 4) is 0 Å². The summed E-state index contributed by atoms with van der Waals surface area (Å²) in [5, 5.41) is 7.21. The van der Waals surface area contributed by atoms with Gasteiger partial charge >= 0.3 is 0 Å². The average molecular weight is 304 g/mol. The molecule has 2 amide bonds. The number of amides is 2. The van der Waals surface area contributed by atoms with E-state index >= 15 is 0 Å². The third-order valence-corrected chi connectivity index (χ3v) is 5.07. The van der Waals surface area contributed by atoms with Crippen molar-refractivity contribution in [3.63, 3.8) is 0 Å². The fourth-order valence-electron chi connectivity index (χ4n) is 3.80. The van der Waals surface area contributed by atoms with Gasteiger partial charge in [-0.05, 0) is 25.7 Å². The predicted octanol–water partition coefficient (Wildman–Crippen LogP) is -0.0283. The van der Waals surface area contributed by atoms with Crippen molar-refractivity contribution in [2.24, 2.45) is 0 Å². The number of ether oxygens (including phenoxy) is 1. The first-order valence-electron chi connectivity index (χ1n) is 7.81. The molecule has 1 spiro atoms. The maximum atomic E-state index is 12.7. The summed E-state index contributed by atoms with van der Waals surface area (Å²) in [7, 11) is 1.79. The van der Waals surface area contributed by atoms with E-state index in [1.54, 1.807) is 11.9 Å². The molecule has 7 heteroatoms. The first-order chi connectivity index (χ1) is 10.6. The van der Waals surface area contributed by atoms with Gasteiger partial charge in [0.2, 0.25) is 5.91 Å². The van der Waals surface area contributed by atoms with E-state index in [9.17, 15) is 9.59 Å². The van der Waals surface area contributed by atoms with Crippen LogP contribution < -0.4 is 0 Å². The van der Waals surface area contributed by atoms with Crippen LogP contribution in [0.5, 0.6) is 0 Å². The van der Waals surface area contributed by atoms with Gasteiger partial charge in [0.25, 0.3) is 5.91 Å². The Bertz CT molecular complexity index is 641. The number of H-pyrrole nitrogens is 1. The SMILES string of the molecule is CN1C[C@@]2(CCN(C(=O)c3n[nH]c4c3CCC4)C2)OCC1=O. The maximum absolute atomic E-state index is 12.7. The Morgan fingerprint density at radius 2 is 2.23 bits per heavy atom. The molecule has 0 saturated carbocycles. The molecule has 0 aromatic carbocycles. The molecule has 1 aromatic rings. The van der Waals surface area contributed by atoms with E-state index in [0.29, 0.717) is 25.3 Å². The lowest BCUT2D eigenvalue weighted by Gasteiger charge is -2.38. The second-order valence-electron chi connectivity index (χ2n) is 6.58. The van der Waals surface area contributed by atoms with Crippen molar-refractivity contribution in [3.05, 3.63) is 17.0 Å². The number of morpholine rings is 1. The van der Waals surface area contributed by atoms with Gasteiger partial charge in [-0.25, -0.2) is 0 Å². The quantitative estimate of drug-likeness (QED) is 0.790. The zero-order valence-electron chi connectivity index (χ0n) is 12.7. The fourth-order valence-corrected chi connectivity index (χ4v) is 3.80. The largest absolute Gasteiger partial charge is 0.361 e. The number of likely N-dealkylation sites (N-methyl/N-ethyl adjacent to an activating group) is 1. The molecule has 4 rings (SSSR count). The molecule has 2 fully saturated rings. The lowest BCUT2D eigenvalue weighted by atomic mass is 10.0. The molecule has 2 saturated heterocycles. The minimum Gasteiger partial charge on any atom is -0.361 e. The Hall–Kier alpha value is -1.89. The molecule has 3 aliphatic rings. The molecule has 22 heavy (non-hydrogen) atoms. The zero-order valence-corrected chi connectivity index (χ0v) is 12.7. The highest BCUT2D eigenvalue weighted by Gasteiger charge is 2.46. The van der Waals surface area contributed by atoms with Crippen LogP contribution in [0.4, 0.5) is 0 Å². The number of fused-ring (bicyclic) bond motifs is 1. The van der Waals surface area contributed by atoms with Gasteiger partial charge in [0.15, 0.2) is 5.69 Å². The lowest BCUT2D eigenvalue weighted by molar-refractivity contribution is -0.158. The van der Waals surface area contributed by atoms with Gasteiger partial charge in [-0.3, -0.25) is 14.7 Å². The molecule has 3 heterocycles. The molecule has 2 aliphatic heterocycles. The zero-order chi connectivity index (χ0) is 15.3. The molecule has 1 aliphatic carbocycles. The molecule has 1 aromatic heterocycles. The number of hydrogen-bond acceptors (Lipinski definition) is 4. The van der Waals surface area contributed by atoms with Crippen LogP contribution in [-0.4, -0.2) is 70.7 Å². The molecule has 0 unspecified atom stereocenters. The summed E-state index contributed by atoms with van der Waals surface area (Å²) in [5.74, 6) is -0.0139. The molecule has 0 bridgehead atoms. The maximum Gasteiger partial charge on any atom is 0.274 e. The van der Waals surface area contributed by atoms with Crippen molar-refractivity contribution in [2.75, 3.05) is 33.3 Å². The van der Waals surface area contributed by atoms with E-state index in [0.717, 1.165) is 36.9 Å². The third kappa shape index (κ3) is 2.03. The van der Waals surface area contributed by atoms with E-state index in [4.69, 9.17) is 4.74 Å². The Morgan fingerprint density at radius 3 is 3.05 bits per heavy atom. The van der Waals surface area contributed by atoms with Crippen LogP contribution >= 0.6 is 0 Å². The summed E-state index contributed by atoms with van der Waals surface area (Å²) in [6, 6.07) is 0. The fraction of sp³-hybridized carbons (Fsp3) is 0.667. The topological polar surface area (TPSA) is 78.5 Å². The van der Waals surface area contributed by atoms with E-state index in [2.05, 4.69) is 10.2 Å². The van der Waals surface area contributed by atoms with Crippen molar-refractivity contribution < 1.29 is 14.3 Å². The molecular formula is C15H20N4O3. The number of carbonyl (C=O) groups excluding carboxylic acids is 2.